The highest BCUT2D eigenvalue weighted by molar-refractivity contribution is 9.10. The van der Waals surface area contributed by atoms with Crippen LogP contribution in [0.5, 0.6) is 5.75 Å². The fraction of sp³-hybridized carbons (Fsp3) is 0.167. The quantitative estimate of drug-likeness (QED) is 0.669. The van der Waals surface area contributed by atoms with Crippen LogP contribution in [0.25, 0.3) is 0 Å². The molecule has 8 heteroatoms. The number of carbonyl (C=O) groups is 1. The number of fused-ring (bicyclic) bond motifs is 1. The number of benzene rings is 2. The molecule has 0 aliphatic carbocycles. The van der Waals surface area contributed by atoms with Crippen LogP contribution in [0.4, 0.5) is 5.95 Å². The number of ether oxygens (including phenoxy) is 1. The van der Waals surface area contributed by atoms with E-state index < -0.39 is 0 Å². The van der Waals surface area contributed by atoms with Crippen molar-refractivity contribution in [1.82, 2.24) is 14.8 Å². The van der Waals surface area contributed by atoms with E-state index in [1.54, 1.807) is 4.68 Å². The van der Waals surface area contributed by atoms with Crippen LogP contribution in [0, 0.1) is 0 Å². The van der Waals surface area contributed by atoms with Gasteiger partial charge in [-0.05, 0) is 24.3 Å². The molecule has 2 aromatic carbocycles. The van der Waals surface area contributed by atoms with E-state index in [0.717, 1.165) is 15.6 Å². The number of rotatable bonds is 4. The third-order valence-electron chi connectivity index (χ3n) is 4.17. The number of aromatic nitrogens is 3. The van der Waals surface area contributed by atoms with Crippen LogP contribution in [0.2, 0.25) is 5.02 Å². The fourth-order valence-corrected chi connectivity index (χ4v) is 3.50. The van der Waals surface area contributed by atoms with Crippen molar-refractivity contribution < 1.29 is 9.53 Å². The maximum absolute atomic E-state index is 12.1. The molecule has 1 amide bonds. The van der Waals surface area contributed by atoms with E-state index in [-0.39, 0.29) is 18.4 Å². The van der Waals surface area contributed by atoms with Gasteiger partial charge >= 0.3 is 0 Å². The lowest BCUT2D eigenvalue weighted by Gasteiger charge is -2.25. The van der Waals surface area contributed by atoms with Gasteiger partial charge < -0.3 is 4.74 Å². The largest absolute Gasteiger partial charge is 0.488 e. The highest BCUT2D eigenvalue weighted by Crippen LogP contribution is 2.36. The lowest BCUT2D eigenvalue weighted by molar-refractivity contribution is -0.117. The van der Waals surface area contributed by atoms with E-state index in [1.165, 1.54) is 6.33 Å². The molecule has 1 aromatic heterocycles. The summed E-state index contributed by atoms with van der Waals surface area (Å²) in [6.07, 6.45) is 1.69. The first-order valence-electron chi connectivity index (χ1n) is 7.97. The van der Waals surface area contributed by atoms with Crippen LogP contribution in [-0.2, 0) is 11.4 Å². The molecule has 0 spiro atoms. The monoisotopic (exact) mass is 432 g/mol. The van der Waals surface area contributed by atoms with Gasteiger partial charge in [0, 0.05) is 20.6 Å². The van der Waals surface area contributed by atoms with Gasteiger partial charge in [0.1, 0.15) is 18.7 Å². The third kappa shape index (κ3) is 3.32. The minimum atomic E-state index is -0.292. The molecule has 1 aliphatic rings. The van der Waals surface area contributed by atoms with Crippen molar-refractivity contribution >= 4 is 39.4 Å². The molecular weight excluding hydrogens is 420 g/mol. The minimum Gasteiger partial charge on any atom is -0.488 e. The van der Waals surface area contributed by atoms with Gasteiger partial charge in [-0.3, -0.25) is 10.1 Å². The molecule has 0 fully saturated rings. The van der Waals surface area contributed by atoms with Crippen LogP contribution in [0.3, 0.4) is 0 Å². The number of carbonyl (C=O) groups excluding carboxylic acids is 1. The van der Waals surface area contributed by atoms with Gasteiger partial charge in [0.25, 0.3) is 0 Å². The molecule has 0 radical (unpaired) electrons. The summed E-state index contributed by atoms with van der Waals surface area (Å²) >= 11 is 9.71. The van der Waals surface area contributed by atoms with E-state index in [1.807, 2.05) is 42.5 Å². The number of anilines is 1. The standard InChI is InChI=1S/C18H14BrClN4O2/c19-12-5-6-16(26-9-11-3-1-2-4-14(11)20)13(7-12)15-8-17(25)23-18-21-10-22-24(15)18/h1-7,10,15H,8-9H2,(H,21,22,23,25). The van der Waals surface area contributed by atoms with Gasteiger partial charge in [-0.25, -0.2) is 4.68 Å². The molecule has 0 bridgehead atoms. The van der Waals surface area contributed by atoms with Gasteiger partial charge in [0.05, 0.1) is 12.5 Å². The Labute approximate surface area is 163 Å². The number of nitrogens with one attached hydrogen (secondary N) is 1. The molecule has 6 nitrogen and oxygen atoms in total. The minimum absolute atomic E-state index is 0.104. The molecule has 132 valence electrons. The van der Waals surface area contributed by atoms with Gasteiger partial charge in [0.15, 0.2) is 0 Å². The molecule has 0 saturated heterocycles. The van der Waals surface area contributed by atoms with Crippen molar-refractivity contribution in [1.29, 1.82) is 0 Å². The molecule has 0 saturated carbocycles. The van der Waals surface area contributed by atoms with Crippen LogP contribution in [0.1, 0.15) is 23.6 Å². The van der Waals surface area contributed by atoms with E-state index >= 15 is 0 Å². The van der Waals surface area contributed by atoms with Crippen molar-refractivity contribution in [3.63, 3.8) is 0 Å². The molecule has 1 unspecified atom stereocenters. The van der Waals surface area contributed by atoms with E-state index in [4.69, 9.17) is 16.3 Å². The van der Waals surface area contributed by atoms with E-state index in [0.29, 0.717) is 23.3 Å². The number of hydrogen-bond acceptors (Lipinski definition) is 4. The summed E-state index contributed by atoms with van der Waals surface area (Å²) in [4.78, 5) is 16.2. The van der Waals surface area contributed by atoms with E-state index in [2.05, 4.69) is 31.3 Å². The zero-order chi connectivity index (χ0) is 18.1. The highest BCUT2D eigenvalue weighted by Gasteiger charge is 2.30. The Kier molecular flexibility index (Phi) is 4.65. The highest BCUT2D eigenvalue weighted by atomic mass is 79.9. The van der Waals surface area contributed by atoms with Gasteiger partial charge in [-0.1, -0.05) is 45.7 Å². The molecule has 4 rings (SSSR count). The van der Waals surface area contributed by atoms with Crippen LogP contribution < -0.4 is 10.1 Å². The second kappa shape index (κ2) is 7.09. The summed E-state index contributed by atoms with van der Waals surface area (Å²) in [6, 6.07) is 13.0. The first-order valence-corrected chi connectivity index (χ1v) is 9.14. The van der Waals surface area contributed by atoms with Gasteiger partial charge in [-0.15, -0.1) is 0 Å². The maximum atomic E-state index is 12.1. The lowest BCUT2D eigenvalue weighted by Crippen LogP contribution is -2.29. The Hall–Kier alpha value is -2.38. The number of halogens is 2. The average molecular weight is 434 g/mol. The second-order valence-corrected chi connectivity index (χ2v) is 7.18. The van der Waals surface area contributed by atoms with Crippen molar-refractivity contribution in [3.8, 4) is 5.75 Å². The van der Waals surface area contributed by atoms with Gasteiger partial charge in [0.2, 0.25) is 11.9 Å². The molecule has 1 aliphatic heterocycles. The van der Waals surface area contributed by atoms with Gasteiger partial charge in [-0.2, -0.15) is 10.1 Å². The average Bonchev–Trinajstić information content (AvgIpc) is 3.09. The van der Waals surface area contributed by atoms with Crippen molar-refractivity contribution in [2.45, 2.75) is 19.1 Å². The molecule has 1 N–H and O–H groups in total. The summed E-state index contributed by atoms with van der Waals surface area (Å²) in [5.74, 6) is 1.00. The Morgan fingerprint density at radius 3 is 3.00 bits per heavy atom. The summed E-state index contributed by atoms with van der Waals surface area (Å²) in [7, 11) is 0. The zero-order valence-electron chi connectivity index (χ0n) is 13.5. The summed E-state index contributed by atoms with van der Waals surface area (Å²) in [5, 5.41) is 7.62. The Balaban J connectivity index is 1.68. The Morgan fingerprint density at radius 1 is 1.31 bits per heavy atom. The zero-order valence-corrected chi connectivity index (χ0v) is 15.9. The van der Waals surface area contributed by atoms with E-state index in [9.17, 15) is 4.79 Å². The van der Waals surface area contributed by atoms with Crippen molar-refractivity contribution in [2.75, 3.05) is 5.32 Å². The fourth-order valence-electron chi connectivity index (χ4n) is 2.93. The molecule has 26 heavy (non-hydrogen) atoms. The third-order valence-corrected chi connectivity index (χ3v) is 5.03. The van der Waals surface area contributed by atoms with Crippen molar-refractivity contribution in [2.24, 2.45) is 0 Å². The molecular formula is C18H14BrClN4O2. The number of amides is 1. The molecule has 3 aromatic rings. The predicted octanol–water partition coefficient (Wildman–Crippen LogP) is 4.20. The Bertz CT molecular complexity index is 975. The topological polar surface area (TPSA) is 69.0 Å². The molecule has 2 heterocycles. The van der Waals surface area contributed by atoms with Crippen LogP contribution in [0.15, 0.2) is 53.3 Å². The predicted molar refractivity (Wildman–Crippen MR) is 101 cm³/mol. The second-order valence-electron chi connectivity index (χ2n) is 5.86. The number of nitrogens with zero attached hydrogens (tertiary/aromatic N) is 3. The first-order chi connectivity index (χ1) is 12.6. The SMILES string of the molecule is O=C1CC(c2cc(Br)ccc2OCc2ccccc2Cl)n2ncnc2N1. The Morgan fingerprint density at radius 2 is 2.15 bits per heavy atom. The molecule has 1 atom stereocenters. The lowest BCUT2D eigenvalue weighted by atomic mass is 10.0. The summed E-state index contributed by atoms with van der Waals surface area (Å²) in [6.45, 7) is 0.331. The maximum Gasteiger partial charge on any atom is 0.229 e. The smallest absolute Gasteiger partial charge is 0.229 e. The number of hydrogen-bond donors (Lipinski definition) is 1. The first kappa shape index (κ1) is 17.1. The summed E-state index contributed by atoms with van der Waals surface area (Å²) in [5.41, 5.74) is 1.75. The van der Waals surface area contributed by atoms with Crippen LogP contribution >= 0.6 is 27.5 Å². The van der Waals surface area contributed by atoms with Crippen molar-refractivity contribution in [3.05, 3.63) is 69.4 Å². The normalized spacial score (nSPS) is 16.1. The summed E-state index contributed by atoms with van der Waals surface area (Å²) < 4.78 is 8.63. The van der Waals surface area contributed by atoms with Crippen LogP contribution in [-0.4, -0.2) is 20.7 Å².